The average Bonchev–Trinajstić information content (AvgIpc) is 3.24. The quantitative estimate of drug-likeness (QED) is 0.582. The van der Waals surface area contributed by atoms with Crippen molar-refractivity contribution in [1.29, 1.82) is 0 Å². The second kappa shape index (κ2) is 9.16. The topological polar surface area (TPSA) is 80.6 Å². The fourth-order valence-corrected chi connectivity index (χ4v) is 3.75. The van der Waals surface area contributed by atoms with E-state index in [0.717, 1.165) is 12.3 Å². The van der Waals surface area contributed by atoms with Crippen molar-refractivity contribution in [3.05, 3.63) is 71.2 Å². The van der Waals surface area contributed by atoms with E-state index in [1.165, 1.54) is 24.1 Å². The molecule has 2 amide bonds. The van der Waals surface area contributed by atoms with Crippen LogP contribution in [-0.4, -0.2) is 69.7 Å². The van der Waals surface area contributed by atoms with Crippen LogP contribution >= 0.6 is 0 Å². The lowest BCUT2D eigenvalue weighted by molar-refractivity contribution is -0.137. The molecule has 2 aromatic heterocycles. The molecule has 3 aromatic rings. The molecule has 1 fully saturated rings. The van der Waals surface area contributed by atoms with Gasteiger partial charge in [0.1, 0.15) is 5.75 Å². The standard InChI is InChI=1S/C23H22F3N5O3/c1-15-19(14-28-31(15)20-7-6-17(13-27-20)23(24,25)26)22(33)30-10-8-29(9-11-30)21(32)16-4-3-5-18(12-16)34-2/h3-7,12-14H,8-11H2,1-2H3. The molecule has 34 heavy (non-hydrogen) atoms. The summed E-state index contributed by atoms with van der Waals surface area (Å²) >= 11 is 0. The molecule has 1 aliphatic rings. The summed E-state index contributed by atoms with van der Waals surface area (Å²) in [6.45, 7) is 3.09. The summed E-state index contributed by atoms with van der Waals surface area (Å²) in [5.74, 6) is 0.375. The number of rotatable bonds is 4. The third kappa shape index (κ3) is 4.59. The van der Waals surface area contributed by atoms with Gasteiger partial charge >= 0.3 is 6.18 Å². The summed E-state index contributed by atoms with van der Waals surface area (Å²) in [7, 11) is 1.53. The van der Waals surface area contributed by atoms with Crippen molar-refractivity contribution >= 4 is 11.8 Å². The lowest BCUT2D eigenvalue weighted by atomic mass is 10.1. The molecule has 1 saturated heterocycles. The first kappa shape index (κ1) is 23.3. The number of amides is 2. The summed E-state index contributed by atoms with van der Waals surface area (Å²) in [5.41, 5.74) is 0.445. The van der Waals surface area contributed by atoms with Crippen molar-refractivity contribution < 1.29 is 27.5 Å². The third-order valence-electron chi connectivity index (χ3n) is 5.70. The van der Waals surface area contributed by atoms with E-state index < -0.39 is 11.7 Å². The molecule has 0 saturated carbocycles. The van der Waals surface area contributed by atoms with E-state index in [1.807, 2.05) is 0 Å². The third-order valence-corrected chi connectivity index (χ3v) is 5.70. The fraction of sp³-hybridized carbons (Fsp3) is 0.304. The van der Waals surface area contributed by atoms with Crippen LogP contribution in [-0.2, 0) is 6.18 Å². The highest BCUT2D eigenvalue weighted by Crippen LogP contribution is 2.29. The molecule has 1 aromatic carbocycles. The molecule has 11 heteroatoms. The van der Waals surface area contributed by atoms with Crippen molar-refractivity contribution in [2.75, 3.05) is 33.3 Å². The molecule has 0 spiro atoms. The van der Waals surface area contributed by atoms with E-state index in [0.29, 0.717) is 48.7 Å². The molecule has 178 valence electrons. The molecular formula is C23H22F3N5O3. The summed E-state index contributed by atoms with van der Waals surface area (Å²) in [4.78, 5) is 33.0. The van der Waals surface area contributed by atoms with Gasteiger partial charge in [-0.2, -0.15) is 18.3 Å². The van der Waals surface area contributed by atoms with E-state index >= 15 is 0 Å². The van der Waals surface area contributed by atoms with Crippen molar-refractivity contribution in [3.8, 4) is 11.6 Å². The average molecular weight is 473 g/mol. The van der Waals surface area contributed by atoms with Crippen LogP contribution in [0.25, 0.3) is 5.82 Å². The molecule has 0 aliphatic carbocycles. The predicted octanol–water partition coefficient (Wildman–Crippen LogP) is 3.20. The molecular weight excluding hydrogens is 451 g/mol. The first-order valence-corrected chi connectivity index (χ1v) is 10.5. The van der Waals surface area contributed by atoms with Gasteiger partial charge in [0.05, 0.1) is 30.1 Å². The number of pyridine rings is 1. The number of halogens is 3. The van der Waals surface area contributed by atoms with Gasteiger partial charge in [-0.1, -0.05) is 6.07 Å². The molecule has 0 unspecified atom stereocenters. The highest BCUT2D eigenvalue weighted by atomic mass is 19.4. The highest BCUT2D eigenvalue weighted by molar-refractivity contribution is 5.96. The maximum Gasteiger partial charge on any atom is 0.417 e. The Labute approximate surface area is 193 Å². The van der Waals surface area contributed by atoms with Crippen molar-refractivity contribution in [2.45, 2.75) is 13.1 Å². The minimum Gasteiger partial charge on any atom is -0.497 e. The van der Waals surface area contributed by atoms with Gasteiger partial charge in [0, 0.05) is 37.9 Å². The SMILES string of the molecule is COc1cccc(C(=O)N2CCN(C(=O)c3cnn(-c4ccc(C(F)(F)F)cn4)c3C)CC2)c1. The number of ether oxygens (including phenoxy) is 1. The number of alkyl halides is 3. The van der Waals surface area contributed by atoms with Crippen molar-refractivity contribution in [1.82, 2.24) is 24.6 Å². The van der Waals surface area contributed by atoms with E-state index in [9.17, 15) is 22.8 Å². The van der Waals surface area contributed by atoms with Crippen LogP contribution in [0.3, 0.4) is 0 Å². The Morgan fingerprint density at radius 1 is 0.971 bits per heavy atom. The van der Waals surface area contributed by atoms with Gasteiger partial charge in [0.2, 0.25) is 0 Å². The van der Waals surface area contributed by atoms with Crippen LogP contribution in [0.5, 0.6) is 5.75 Å². The molecule has 0 N–H and O–H groups in total. The normalized spacial score (nSPS) is 14.3. The summed E-state index contributed by atoms with van der Waals surface area (Å²) in [6.07, 6.45) is -2.37. The van der Waals surface area contributed by atoms with Crippen LogP contribution in [0.4, 0.5) is 13.2 Å². The van der Waals surface area contributed by atoms with Crippen LogP contribution < -0.4 is 4.74 Å². The Hall–Kier alpha value is -3.89. The van der Waals surface area contributed by atoms with E-state index in [2.05, 4.69) is 10.1 Å². The van der Waals surface area contributed by atoms with Gasteiger partial charge in [0.15, 0.2) is 5.82 Å². The number of carbonyl (C=O) groups is 2. The number of carbonyl (C=O) groups excluding carboxylic acids is 2. The van der Waals surface area contributed by atoms with Gasteiger partial charge in [0.25, 0.3) is 11.8 Å². The van der Waals surface area contributed by atoms with Gasteiger partial charge in [-0.05, 0) is 37.3 Å². The lowest BCUT2D eigenvalue weighted by Crippen LogP contribution is -2.50. The Kier molecular flexibility index (Phi) is 6.27. The molecule has 0 atom stereocenters. The molecule has 0 radical (unpaired) electrons. The van der Waals surface area contributed by atoms with E-state index in [-0.39, 0.29) is 17.6 Å². The van der Waals surface area contributed by atoms with Crippen LogP contribution in [0.2, 0.25) is 0 Å². The minimum atomic E-state index is -4.48. The smallest absolute Gasteiger partial charge is 0.417 e. The number of hydrogen-bond donors (Lipinski definition) is 0. The Bertz CT molecular complexity index is 1200. The van der Waals surface area contributed by atoms with E-state index in [4.69, 9.17) is 4.74 Å². The Balaban J connectivity index is 1.43. The van der Waals surface area contributed by atoms with Crippen LogP contribution in [0, 0.1) is 6.92 Å². The Morgan fingerprint density at radius 3 is 2.24 bits per heavy atom. The summed E-state index contributed by atoms with van der Waals surface area (Å²) in [5, 5.41) is 4.14. The monoisotopic (exact) mass is 473 g/mol. The predicted molar refractivity (Wildman–Crippen MR) is 116 cm³/mol. The van der Waals surface area contributed by atoms with E-state index in [1.54, 1.807) is 41.0 Å². The second-order valence-electron chi connectivity index (χ2n) is 7.77. The highest BCUT2D eigenvalue weighted by Gasteiger charge is 2.31. The van der Waals surface area contributed by atoms with Gasteiger partial charge < -0.3 is 14.5 Å². The van der Waals surface area contributed by atoms with Crippen molar-refractivity contribution in [3.63, 3.8) is 0 Å². The van der Waals surface area contributed by atoms with Crippen molar-refractivity contribution in [2.24, 2.45) is 0 Å². The molecule has 8 nitrogen and oxygen atoms in total. The number of hydrogen-bond acceptors (Lipinski definition) is 5. The number of piperazine rings is 1. The Morgan fingerprint density at radius 2 is 1.65 bits per heavy atom. The number of methoxy groups -OCH3 is 1. The molecule has 4 rings (SSSR count). The van der Waals surface area contributed by atoms with Gasteiger partial charge in [-0.15, -0.1) is 0 Å². The molecule has 0 bridgehead atoms. The first-order chi connectivity index (χ1) is 16.2. The summed E-state index contributed by atoms with van der Waals surface area (Å²) < 4.78 is 44.8. The fourth-order valence-electron chi connectivity index (χ4n) is 3.75. The zero-order valence-electron chi connectivity index (χ0n) is 18.5. The second-order valence-corrected chi connectivity index (χ2v) is 7.77. The maximum absolute atomic E-state index is 13.1. The number of nitrogens with zero attached hydrogens (tertiary/aromatic N) is 5. The van der Waals surface area contributed by atoms with Gasteiger partial charge in [-0.25, -0.2) is 9.67 Å². The van der Waals surface area contributed by atoms with Crippen LogP contribution in [0.15, 0.2) is 48.8 Å². The first-order valence-electron chi connectivity index (χ1n) is 10.5. The molecule has 3 heterocycles. The van der Waals surface area contributed by atoms with Gasteiger partial charge in [-0.3, -0.25) is 9.59 Å². The maximum atomic E-state index is 13.1. The molecule has 1 aliphatic heterocycles. The zero-order valence-corrected chi connectivity index (χ0v) is 18.5. The largest absolute Gasteiger partial charge is 0.497 e. The minimum absolute atomic E-state index is 0.136. The number of benzene rings is 1. The zero-order chi connectivity index (χ0) is 24.5. The summed E-state index contributed by atoms with van der Waals surface area (Å²) in [6, 6.07) is 9.03. The number of aromatic nitrogens is 3. The lowest BCUT2D eigenvalue weighted by Gasteiger charge is -2.34. The van der Waals surface area contributed by atoms with Crippen LogP contribution in [0.1, 0.15) is 32.0 Å².